The highest BCUT2D eigenvalue weighted by molar-refractivity contribution is 5.68. The second kappa shape index (κ2) is 8.11. The zero-order chi connectivity index (χ0) is 19.4. The van der Waals surface area contributed by atoms with Crippen molar-refractivity contribution in [3.05, 3.63) is 36.3 Å². The number of aromatic nitrogens is 3. The van der Waals surface area contributed by atoms with Crippen LogP contribution in [-0.2, 0) is 18.2 Å². The SMILES string of the molecule is Cn1nc(-c2ccncc2)cc1CCC1CCN(C(=O)OC(C)(C)C)CC1. The van der Waals surface area contributed by atoms with Crippen molar-refractivity contribution in [2.24, 2.45) is 13.0 Å². The van der Waals surface area contributed by atoms with Crippen LogP contribution in [0.15, 0.2) is 30.6 Å². The van der Waals surface area contributed by atoms with Crippen LogP contribution in [0.25, 0.3) is 11.3 Å². The summed E-state index contributed by atoms with van der Waals surface area (Å²) in [6.45, 7) is 7.30. The third-order valence-electron chi connectivity index (χ3n) is 5.03. The van der Waals surface area contributed by atoms with Crippen molar-refractivity contribution >= 4 is 6.09 Å². The van der Waals surface area contributed by atoms with Gasteiger partial charge in [0.25, 0.3) is 0 Å². The summed E-state index contributed by atoms with van der Waals surface area (Å²) >= 11 is 0. The molecule has 1 aliphatic heterocycles. The first-order valence-corrected chi connectivity index (χ1v) is 9.73. The van der Waals surface area contributed by atoms with E-state index < -0.39 is 5.60 Å². The first kappa shape index (κ1) is 19.4. The highest BCUT2D eigenvalue weighted by Gasteiger charge is 2.26. The molecule has 0 N–H and O–H groups in total. The zero-order valence-electron chi connectivity index (χ0n) is 16.8. The van der Waals surface area contributed by atoms with Gasteiger partial charge in [0, 0.05) is 43.8 Å². The Morgan fingerprint density at radius 2 is 1.89 bits per heavy atom. The molecule has 3 heterocycles. The summed E-state index contributed by atoms with van der Waals surface area (Å²) in [6.07, 6.45) is 7.60. The Hall–Kier alpha value is -2.37. The molecule has 0 unspecified atom stereocenters. The summed E-state index contributed by atoms with van der Waals surface area (Å²) in [5.74, 6) is 0.642. The number of carbonyl (C=O) groups is 1. The summed E-state index contributed by atoms with van der Waals surface area (Å²) in [5.41, 5.74) is 2.91. The maximum Gasteiger partial charge on any atom is 0.410 e. The molecule has 6 heteroatoms. The van der Waals surface area contributed by atoms with Gasteiger partial charge in [-0.15, -0.1) is 0 Å². The van der Waals surface area contributed by atoms with Crippen molar-refractivity contribution in [2.75, 3.05) is 13.1 Å². The van der Waals surface area contributed by atoms with Crippen LogP contribution in [0, 0.1) is 5.92 Å². The molecular formula is C21H30N4O2. The highest BCUT2D eigenvalue weighted by Crippen LogP contribution is 2.25. The van der Waals surface area contributed by atoms with Crippen molar-refractivity contribution in [2.45, 2.75) is 52.1 Å². The topological polar surface area (TPSA) is 60.2 Å². The predicted molar refractivity (Wildman–Crippen MR) is 105 cm³/mol. The van der Waals surface area contributed by atoms with Gasteiger partial charge < -0.3 is 9.64 Å². The van der Waals surface area contributed by atoms with Gasteiger partial charge in [0.2, 0.25) is 0 Å². The summed E-state index contributed by atoms with van der Waals surface area (Å²) in [7, 11) is 2.01. The molecule has 146 valence electrons. The number of rotatable bonds is 4. The van der Waals surface area contributed by atoms with Gasteiger partial charge in [-0.3, -0.25) is 9.67 Å². The number of likely N-dealkylation sites (tertiary alicyclic amines) is 1. The van der Waals surface area contributed by atoms with E-state index in [1.54, 1.807) is 12.4 Å². The van der Waals surface area contributed by atoms with Crippen LogP contribution in [0.1, 0.15) is 45.7 Å². The molecule has 0 spiro atoms. The summed E-state index contributed by atoms with van der Waals surface area (Å²) < 4.78 is 7.45. The minimum Gasteiger partial charge on any atom is -0.444 e. The summed E-state index contributed by atoms with van der Waals surface area (Å²) in [5, 5.41) is 4.63. The second-order valence-electron chi connectivity index (χ2n) is 8.33. The molecule has 0 radical (unpaired) electrons. The van der Waals surface area contributed by atoms with Gasteiger partial charge >= 0.3 is 6.09 Å². The van der Waals surface area contributed by atoms with Gasteiger partial charge in [0.05, 0.1) is 5.69 Å². The molecule has 0 aliphatic carbocycles. The van der Waals surface area contributed by atoms with Gasteiger partial charge in [0.1, 0.15) is 5.60 Å². The van der Waals surface area contributed by atoms with Gasteiger partial charge in [-0.1, -0.05) is 0 Å². The molecule has 0 atom stereocenters. The minimum atomic E-state index is -0.431. The molecule has 0 bridgehead atoms. The standard InChI is InChI=1S/C21H30N4O2/c1-21(2,3)27-20(26)25-13-9-16(10-14-25)5-6-18-15-19(23-24(18)4)17-7-11-22-12-8-17/h7-8,11-12,15-16H,5-6,9-10,13-14H2,1-4H3. The summed E-state index contributed by atoms with van der Waals surface area (Å²) in [4.78, 5) is 18.1. The van der Waals surface area contributed by atoms with E-state index in [-0.39, 0.29) is 6.09 Å². The monoisotopic (exact) mass is 370 g/mol. The molecule has 0 aromatic carbocycles. The lowest BCUT2D eigenvalue weighted by Gasteiger charge is -2.33. The largest absolute Gasteiger partial charge is 0.444 e. The second-order valence-corrected chi connectivity index (χ2v) is 8.33. The molecule has 1 saturated heterocycles. The van der Waals surface area contributed by atoms with Gasteiger partial charge in [0.15, 0.2) is 0 Å². The Balaban J connectivity index is 1.49. The van der Waals surface area contributed by atoms with Gasteiger partial charge in [-0.2, -0.15) is 5.10 Å². The van der Waals surface area contributed by atoms with E-state index in [1.807, 2.05) is 49.5 Å². The highest BCUT2D eigenvalue weighted by atomic mass is 16.6. The molecule has 1 amide bonds. The lowest BCUT2D eigenvalue weighted by molar-refractivity contribution is 0.0181. The number of amides is 1. The average Bonchev–Trinajstić information content (AvgIpc) is 3.00. The fourth-order valence-electron chi connectivity index (χ4n) is 3.49. The number of nitrogens with zero attached hydrogens (tertiary/aromatic N) is 4. The quantitative estimate of drug-likeness (QED) is 0.814. The lowest BCUT2D eigenvalue weighted by atomic mass is 9.91. The Morgan fingerprint density at radius 3 is 2.52 bits per heavy atom. The molecular weight excluding hydrogens is 340 g/mol. The van der Waals surface area contributed by atoms with E-state index in [0.29, 0.717) is 5.92 Å². The van der Waals surface area contributed by atoms with Crippen LogP contribution in [0.3, 0.4) is 0 Å². The van der Waals surface area contributed by atoms with Crippen molar-refractivity contribution < 1.29 is 9.53 Å². The Labute approximate surface area is 161 Å². The Bertz CT molecular complexity index is 756. The normalized spacial score (nSPS) is 15.8. The Morgan fingerprint density at radius 1 is 1.22 bits per heavy atom. The van der Waals surface area contributed by atoms with E-state index in [4.69, 9.17) is 4.74 Å². The predicted octanol–water partition coefficient (Wildman–Crippen LogP) is 4.06. The molecule has 3 rings (SSSR count). The summed E-state index contributed by atoms with van der Waals surface area (Å²) in [6, 6.07) is 6.14. The number of piperidine rings is 1. The van der Waals surface area contributed by atoms with Crippen LogP contribution in [0.5, 0.6) is 0 Å². The van der Waals surface area contributed by atoms with Crippen molar-refractivity contribution in [1.82, 2.24) is 19.7 Å². The van der Waals surface area contributed by atoms with E-state index in [1.165, 1.54) is 5.69 Å². The van der Waals surface area contributed by atoms with E-state index in [0.717, 1.165) is 50.0 Å². The van der Waals surface area contributed by atoms with Gasteiger partial charge in [-0.25, -0.2) is 4.79 Å². The van der Waals surface area contributed by atoms with Crippen LogP contribution in [-0.4, -0.2) is 44.4 Å². The molecule has 6 nitrogen and oxygen atoms in total. The zero-order valence-corrected chi connectivity index (χ0v) is 16.8. The van der Waals surface area contributed by atoms with E-state index in [2.05, 4.69) is 16.1 Å². The van der Waals surface area contributed by atoms with Crippen molar-refractivity contribution in [3.8, 4) is 11.3 Å². The minimum absolute atomic E-state index is 0.186. The maximum absolute atomic E-state index is 12.2. The first-order chi connectivity index (χ1) is 12.8. The number of hydrogen-bond donors (Lipinski definition) is 0. The van der Waals surface area contributed by atoms with E-state index in [9.17, 15) is 4.79 Å². The molecule has 27 heavy (non-hydrogen) atoms. The number of carbonyl (C=O) groups excluding carboxylic acids is 1. The van der Waals surface area contributed by atoms with Crippen LogP contribution in [0.2, 0.25) is 0 Å². The van der Waals surface area contributed by atoms with E-state index >= 15 is 0 Å². The average molecular weight is 370 g/mol. The van der Waals surface area contributed by atoms with Crippen LogP contribution >= 0.6 is 0 Å². The van der Waals surface area contributed by atoms with Gasteiger partial charge in [-0.05, 0) is 70.6 Å². The van der Waals surface area contributed by atoms with Crippen LogP contribution in [0.4, 0.5) is 4.79 Å². The molecule has 2 aromatic rings. The lowest BCUT2D eigenvalue weighted by Crippen LogP contribution is -2.41. The maximum atomic E-state index is 12.2. The number of ether oxygens (including phenoxy) is 1. The molecule has 1 fully saturated rings. The smallest absolute Gasteiger partial charge is 0.410 e. The van der Waals surface area contributed by atoms with Crippen molar-refractivity contribution in [3.63, 3.8) is 0 Å². The Kier molecular flexibility index (Phi) is 5.82. The van der Waals surface area contributed by atoms with Crippen molar-refractivity contribution in [1.29, 1.82) is 0 Å². The fraction of sp³-hybridized carbons (Fsp3) is 0.571. The molecule has 1 aliphatic rings. The van der Waals surface area contributed by atoms with Crippen LogP contribution < -0.4 is 0 Å². The number of hydrogen-bond acceptors (Lipinski definition) is 4. The fourth-order valence-corrected chi connectivity index (χ4v) is 3.49. The number of aryl methyl sites for hydroxylation is 2. The number of pyridine rings is 1. The third kappa shape index (κ3) is 5.31. The molecule has 2 aromatic heterocycles. The third-order valence-corrected chi connectivity index (χ3v) is 5.03. The molecule has 0 saturated carbocycles. The first-order valence-electron chi connectivity index (χ1n) is 9.73.